The van der Waals surface area contributed by atoms with Crippen LogP contribution in [0.1, 0.15) is 70.1 Å². The molecule has 0 N–H and O–H groups in total. The number of benzene rings is 1. The van der Waals surface area contributed by atoms with Crippen molar-refractivity contribution in [1.29, 1.82) is 0 Å². The average molecular weight is 365 g/mol. The fourth-order valence-corrected chi connectivity index (χ4v) is 3.54. The summed E-state index contributed by atoms with van der Waals surface area (Å²) < 4.78 is 4.50. The highest BCUT2D eigenvalue weighted by molar-refractivity contribution is 5.36. The molecule has 0 bridgehead atoms. The van der Waals surface area contributed by atoms with Crippen molar-refractivity contribution in [1.82, 2.24) is 19.1 Å². The molecule has 0 saturated carbocycles. The lowest BCUT2D eigenvalue weighted by Crippen LogP contribution is -2.10. The second-order valence-corrected chi connectivity index (χ2v) is 8.24. The summed E-state index contributed by atoms with van der Waals surface area (Å²) in [5.41, 5.74) is 2.52. The van der Waals surface area contributed by atoms with Crippen LogP contribution < -0.4 is 0 Å². The van der Waals surface area contributed by atoms with Gasteiger partial charge in [-0.1, -0.05) is 46.8 Å². The summed E-state index contributed by atoms with van der Waals surface area (Å²) in [4.78, 5) is 9.12. The van der Waals surface area contributed by atoms with Gasteiger partial charge in [-0.2, -0.15) is 0 Å². The molecule has 4 nitrogen and oxygen atoms in total. The first-order valence-corrected chi connectivity index (χ1v) is 10.1. The van der Waals surface area contributed by atoms with Crippen molar-refractivity contribution in [2.75, 3.05) is 0 Å². The normalized spacial score (nSPS) is 12.9. The predicted molar refractivity (Wildman–Crippen MR) is 111 cm³/mol. The number of hydrogen-bond acceptors (Lipinski definition) is 2. The summed E-state index contributed by atoms with van der Waals surface area (Å²) >= 11 is 0. The monoisotopic (exact) mass is 364 g/mol. The Labute approximate surface area is 163 Å². The molecule has 3 aromatic rings. The summed E-state index contributed by atoms with van der Waals surface area (Å²) in [6, 6.07) is 8.86. The molecule has 4 heteroatoms. The molecule has 1 aromatic carbocycles. The number of rotatable bonds is 8. The van der Waals surface area contributed by atoms with Crippen LogP contribution in [0.15, 0.2) is 49.1 Å². The van der Waals surface area contributed by atoms with Crippen molar-refractivity contribution < 1.29 is 0 Å². The Hall–Kier alpha value is -2.36. The zero-order valence-corrected chi connectivity index (χ0v) is 17.3. The molecule has 0 amide bonds. The Kier molecular flexibility index (Phi) is 6.15. The van der Waals surface area contributed by atoms with E-state index in [9.17, 15) is 0 Å². The smallest absolute Gasteiger partial charge is 0.115 e. The van der Waals surface area contributed by atoms with Gasteiger partial charge in [0.1, 0.15) is 11.6 Å². The first-order valence-electron chi connectivity index (χ1n) is 10.1. The maximum Gasteiger partial charge on any atom is 0.115 e. The highest BCUT2D eigenvalue weighted by Crippen LogP contribution is 2.22. The van der Waals surface area contributed by atoms with Crippen molar-refractivity contribution >= 4 is 0 Å². The summed E-state index contributed by atoms with van der Waals surface area (Å²) in [7, 11) is 0. The van der Waals surface area contributed by atoms with E-state index in [0.29, 0.717) is 17.8 Å². The zero-order chi connectivity index (χ0) is 19.4. The molecular weight excluding hydrogens is 332 g/mol. The maximum absolute atomic E-state index is 4.63. The quantitative estimate of drug-likeness (QED) is 0.523. The van der Waals surface area contributed by atoms with E-state index in [1.54, 1.807) is 0 Å². The molecule has 1 atom stereocenters. The fraction of sp³-hybridized carbons (Fsp3) is 0.478. The Balaban J connectivity index is 1.70. The van der Waals surface area contributed by atoms with Gasteiger partial charge in [0.15, 0.2) is 0 Å². The fourth-order valence-electron chi connectivity index (χ4n) is 3.54. The van der Waals surface area contributed by atoms with E-state index in [2.05, 4.69) is 84.2 Å². The molecule has 0 fully saturated rings. The molecule has 0 spiro atoms. The van der Waals surface area contributed by atoms with Crippen LogP contribution in [-0.4, -0.2) is 19.1 Å². The van der Waals surface area contributed by atoms with Crippen molar-refractivity contribution in [2.45, 2.75) is 65.8 Å². The summed E-state index contributed by atoms with van der Waals surface area (Å²) in [6.07, 6.45) is 10.2. The molecule has 27 heavy (non-hydrogen) atoms. The van der Waals surface area contributed by atoms with Gasteiger partial charge in [0.25, 0.3) is 0 Å². The predicted octanol–water partition coefficient (Wildman–Crippen LogP) is 5.58. The lowest BCUT2D eigenvalue weighted by atomic mass is 10.00. The van der Waals surface area contributed by atoms with E-state index in [1.807, 2.05) is 18.6 Å². The van der Waals surface area contributed by atoms with Crippen LogP contribution in [0.25, 0.3) is 5.69 Å². The molecule has 0 radical (unpaired) electrons. The highest BCUT2D eigenvalue weighted by atomic mass is 15.1. The maximum atomic E-state index is 4.63. The van der Waals surface area contributed by atoms with Gasteiger partial charge < -0.3 is 9.13 Å². The SMILES string of the molecule is CC(C)CCn1ccnc1C(C)Cc1ccc(-n2ccnc2C(C)C)cc1. The zero-order valence-electron chi connectivity index (χ0n) is 17.3. The van der Waals surface area contributed by atoms with Crippen molar-refractivity contribution in [3.63, 3.8) is 0 Å². The van der Waals surface area contributed by atoms with Crippen LogP contribution in [0.5, 0.6) is 0 Å². The van der Waals surface area contributed by atoms with Crippen LogP contribution in [0, 0.1) is 5.92 Å². The van der Waals surface area contributed by atoms with Gasteiger partial charge >= 0.3 is 0 Å². The topological polar surface area (TPSA) is 35.6 Å². The molecule has 144 valence electrons. The number of aromatic nitrogens is 4. The molecule has 2 aromatic heterocycles. The average Bonchev–Trinajstić information content (AvgIpc) is 3.30. The molecule has 2 heterocycles. The standard InChI is InChI=1S/C23H32N4/c1-17(2)10-13-26-14-11-25-23(26)19(5)16-20-6-8-21(9-7-20)27-15-12-24-22(27)18(3)4/h6-9,11-12,14-15,17-19H,10,13,16H2,1-5H3. The number of imidazole rings is 2. The van der Waals surface area contributed by atoms with Gasteiger partial charge in [-0.3, -0.25) is 0 Å². The molecule has 0 aliphatic heterocycles. The van der Waals surface area contributed by atoms with Crippen LogP contribution in [0.2, 0.25) is 0 Å². The molecular formula is C23H32N4. The van der Waals surface area contributed by atoms with Crippen LogP contribution >= 0.6 is 0 Å². The minimum absolute atomic E-state index is 0.400. The number of hydrogen-bond donors (Lipinski definition) is 0. The first kappa shape index (κ1) is 19.4. The highest BCUT2D eigenvalue weighted by Gasteiger charge is 2.14. The van der Waals surface area contributed by atoms with Crippen LogP contribution in [0.3, 0.4) is 0 Å². The molecule has 1 unspecified atom stereocenters. The second kappa shape index (κ2) is 8.55. The van der Waals surface area contributed by atoms with Gasteiger partial charge in [-0.05, 0) is 36.5 Å². The third kappa shape index (κ3) is 4.68. The van der Waals surface area contributed by atoms with E-state index < -0.39 is 0 Å². The van der Waals surface area contributed by atoms with Gasteiger partial charge in [0, 0.05) is 48.9 Å². The van der Waals surface area contributed by atoms with E-state index in [0.717, 1.165) is 18.8 Å². The third-order valence-corrected chi connectivity index (χ3v) is 5.08. The Morgan fingerprint density at radius 2 is 1.52 bits per heavy atom. The van der Waals surface area contributed by atoms with Crippen molar-refractivity contribution in [3.8, 4) is 5.69 Å². The Morgan fingerprint density at radius 1 is 0.852 bits per heavy atom. The molecule has 3 rings (SSSR count). The lowest BCUT2D eigenvalue weighted by Gasteiger charge is -2.16. The first-order chi connectivity index (χ1) is 13.0. The summed E-state index contributed by atoms with van der Waals surface area (Å²) in [5.74, 6) is 3.81. The van der Waals surface area contributed by atoms with Crippen LogP contribution in [-0.2, 0) is 13.0 Å². The molecule has 0 aliphatic carbocycles. The van der Waals surface area contributed by atoms with Gasteiger partial charge in [0.05, 0.1) is 0 Å². The van der Waals surface area contributed by atoms with Crippen molar-refractivity contribution in [2.24, 2.45) is 5.92 Å². The molecule has 0 aliphatic rings. The summed E-state index contributed by atoms with van der Waals surface area (Å²) in [6.45, 7) is 12.2. The van der Waals surface area contributed by atoms with E-state index in [-0.39, 0.29) is 0 Å². The third-order valence-electron chi connectivity index (χ3n) is 5.08. The van der Waals surface area contributed by atoms with Gasteiger partial charge in [-0.25, -0.2) is 9.97 Å². The van der Waals surface area contributed by atoms with Crippen LogP contribution in [0.4, 0.5) is 0 Å². The number of aryl methyl sites for hydroxylation is 1. The largest absolute Gasteiger partial charge is 0.335 e. The summed E-state index contributed by atoms with van der Waals surface area (Å²) in [5, 5.41) is 0. The number of nitrogens with zero attached hydrogens (tertiary/aromatic N) is 4. The molecule has 0 saturated heterocycles. The Bertz CT molecular complexity index is 839. The second-order valence-electron chi connectivity index (χ2n) is 8.24. The van der Waals surface area contributed by atoms with Gasteiger partial charge in [0.2, 0.25) is 0 Å². The van der Waals surface area contributed by atoms with Gasteiger partial charge in [-0.15, -0.1) is 0 Å². The van der Waals surface area contributed by atoms with Crippen molar-refractivity contribution in [3.05, 3.63) is 66.3 Å². The lowest BCUT2D eigenvalue weighted by molar-refractivity contribution is 0.494. The van der Waals surface area contributed by atoms with E-state index in [1.165, 1.54) is 23.5 Å². The minimum atomic E-state index is 0.400. The minimum Gasteiger partial charge on any atom is -0.335 e. The van der Waals surface area contributed by atoms with E-state index in [4.69, 9.17) is 0 Å². The van der Waals surface area contributed by atoms with E-state index >= 15 is 0 Å². The Morgan fingerprint density at radius 3 is 2.19 bits per heavy atom.